The van der Waals surface area contributed by atoms with Gasteiger partial charge in [-0.25, -0.2) is 0 Å². The van der Waals surface area contributed by atoms with E-state index in [0.29, 0.717) is 5.69 Å². The number of anilines is 1. The van der Waals surface area contributed by atoms with Crippen LogP contribution in [0, 0.1) is 13.8 Å². The van der Waals surface area contributed by atoms with Crippen LogP contribution < -0.4 is 5.32 Å². The Morgan fingerprint density at radius 2 is 1.76 bits per heavy atom. The number of para-hydroxylation sites is 1. The fraction of sp³-hybridized carbons (Fsp3) is 0.143. The Balaban J connectivity index is 2.25. The summed E-state index contributed by atoms with van der Waals surface area (Å²) in [5.41, 5.74) is 3.39. The third-order valence-corrected chi connectivity index (χ3v) is 2.62. The number of carbonyl (C=O) groups is 1. The second kappa shape index (κ2) is 4.78. The third-order valence-electron chi connectivity index (χ3n) is 2.62. The molecule has 86 valence electrons. The largest absolute Gasteiger partial charge is 0.320 e. The molecular formula is C14H14N2O. The molecule has 0 aliphatic carbocycles. The fourth-order valence-corrected chi connectivity index (χ4v) is 1.69. The maximum Gasteiger partial charge on any atom is 0.274 e. The lowest BCUT2D eigenvalue weighted by Crippen LogP contribution is -2.14. The van der Waals surface area contributed by atoms with Gasteiger partial charge in [0.15, 0.2) is 0 Å². The summed E-state index contributed by atoms with van der Waals surface area (Å²) in [4.78, 5) is 16.0. The summed E-state index contributed by atoms with van der Waals surface area (Å²) in [6.45, 7) is 3.95. The Labute approximate surface area is 101 Å². The number of amides is 1. The minimum Gasteiger partial charge on any atom is -0.320 e. The average molecular weight is 226 g/mol. The number of rotatable bonds is 2. The summed E-state index contributed by atoms with van der Waals surface area (Å²) in [6.07, 6.45) is 1.61. The van der Waals surface area contributed by atoms with E-state index in [-0.39, 0.29) is 5.91 Å². The lowest BCUT2D eigenvalue weighted by Gasteiger charge is -2.10. The van der Waals surface area contributed by atoms with Crippen LogP contribution in [0.15, 0.2) is 42.6 Å². The van der Waals surface area contributed by atoms with Gasteiger partial charge in [0, 0.05) is 11.9 Å². The molecule has 1 aromatic heterocycles. The zero-order valence-corrected chi connectivity index (χ0v) is 9.90. The van der Waals surface area contributed by atoms with Gasteiger partial charge in [-0.3, -0.25) is 9.78 Å². The summed E-state index contributed by atoms with van der Waals surface area (Å²) in [5.74, 6) is -0.178. The van der Waals surface area contributed by atoms with E-state index in [1.165, 1.54) is 0 Å². The third kappa shape index (κ3) is 2.50. The van der Waals surface area contributed by atoms with Crippen molar-refractivity contribution < 1.29 is 4.79 Å². The highest BCUT2D eigenvalue weighted by Crippen LogP contribution is 2.19. The predicted molar refractivity (Wildman–Crippen MR) is 68.1 cm³/mol. The molecule has 0 unspecified atom stereocenters. The first kappa shape index (κ1) is 11.3. The van der Waals surface area contributed by atoms with E-state index >= 15 is 0 Å². The number of nitrogens with one attached hydrogen (secondary N) is 1. The first-order valence-electron chi connectivity index (χ1n) is 5.47. The van der Waals surface area contributed by atoms with Crippen molar-refractivity contribution in [3.63, 3.8) is 0 Å². The Morgan fingerprint density at radius 1 is 1.06 bits per heavy atom. The second-order valence-corrected chi connectivity index (χ2v) is 3.94. The average Bonchev–Trinajstić information content (AvgIpc) is 2.35. The van der Waals surface area contributed by atoms with Crippen molar-refractivity contribution in [2.75, 3.05) is 5.32 Å². The molecule has 0 atom stereocenters. The minimum absolute atomic E-state index is 0.178. The lowest BCUT2D eigenvalue weighted by molar-refractivity contribution is 0.102. The van der Waals surface area contributed by atoms with E-state index in [0.717, 1.165) is 16.8 Å². The molecule has 1 aromatic carbocycles. The number of carbonyl (C=O) groups excluding carboxylic acids is 1. The van der Waals surface area contributed by atoms with Crippen LogP contribution in [0.5, 0.6) is 0 Å². The molecule has 1 N–H and O–H groups in total. The Hall–Kier alpha value is -2.16. The summed E-state index contributed by atoms with van der Waals surface area (Å²) < 4.78 is 0. The summed E-state index contributed by atoms with van der Waals surface area (Å²) >= 11 is 0. The highest BCUT2D eigenvalue weighted by molar-refractivity contribution is 6.03. The van der Waals surface area contributed by atoms with E-state index in [1.807, 2.05) is 32.0 Å². The van der Waals surface area contributed by atoms with Crippen LogP contribution in [0.4, 0.5) is 5.69 Å². The molecule has 0 radical (unpaired) electrons. The Kier molecular flexibility index (Phi) is 3.19. The van der Waals surface area contributed by atoms with Crippen LogP contribution in [-0.2, 0) is 0 Å². The smallest absolute Gasteiger partial charge is 0.274 e. The van der Waals surface area contributed by atoms with Gasteiger partial charge in [0.2, 0.25) is 0 Å². The highest BCUT2D eigenvalue weighted by atomic mass is 16.1. The van der Waals surface area contributed by atoms with Gasteiger partial charge < -0.3 is 5.32 Å². The molecule has 0 spiro atoms. The van der Waals surface area contributed by atoms with Crippen molar-refractivity contribution in [3.8, 4) is 0 Å². The van der Waals surface area contributed by atoms with Crippen molar-refractivity contribution in [2.45, 2.75) is 13.8 Å². The van der Waals surface area contributed by atoms with Crippen molar-refractivity contribution in [2.24, 2.45) is 0 Å². The van der Waals surface area contributed by atoms with E-state index in [4.69, 9.17) is 0 Å². The van der Waals surface area contributed by atoms with Gasteiger partial charge in [0.05, 0.1) is 0 Å². The van der Waals surface area contributed by atoms with Gasteiger partial charge in [-0.15, -0.1) is 0 Å². The number of hydrogen-bond acceptors (Lipinski definition) is 2. The van der Waals surface area contributed by atoms with Gasteiger partial charge in [0.25, 0.3) is 5.91 Å². The molecule has 17 heavy (non-hydrogen) atoms. The second-order valence-electron chi connectivity index (χ2n) is 3.94. The quantitative estimate of drug-likeness (QED) is 0.855. The molecule has 2 aromatic rings. The van der Waals surface area contributed by atoms with Crippen LogP contribution >= 0.6 is 0 Å². The van der Waals surface area contributed by atoms with Gasteiger partial charge >= 0.3 is 0 Å². The summed E-state index contributed by atoms with van der Waals surface area (Å²) in [7, 11) is 0. The van der Waals surface area contributed by atoms with Gasteiger partial charge in [-0.2, -0.15) is 0 Å². The molecule has 0 fully saturated rings. The number of aromatic nitrogens is 1. The fourth-order valence-electron chi connectivity index (χ4n) is 1.69. The first-order valence-corrected chi connectivity index (χ1v) is 5.47. The number of benzene rings is 1. The molecule has 1 amide bonds. The zero-order chi connectivity index (χ0) is 12.3. The molecule has 3 heteroatoms. The monoisotopic (exact) mass is 226 g/mol. The molecule has 0 saturated heterocycles. The Morgan fingerprint density at radius 3 is 2.35 bits per heavy atom. The van der Waals surface area contributed by atoms with Crippen molar-refractivity contribution >= 4 is 11.6 Å². The minimum atomic E-state index is -0.178. The van der Waals surface area contributed by atoms with E-state index in [2.05, 4.69) is 10.3 Å². The molecular weight excluding hydrogens is 212 g/mol. The molecule has 0 aliphatic rings. The number of hydrogen-bond donors (Lipinski definition) is 1. The predicted octanol–water partition coefficient (Wildman–Crippen LogP) is 2.95. The lowest BCUT2D eigenvalue weighted by atomic mass is 10.1. The molecule has 2 rings (SSSR count). The van der Waals surface area contributed by atoms with Crippen LogP contribution in [-0.4, -0.2) is 10.9 Å². The number of nitrogens with zero attached hydrogens (tertiary/aromatic N) is 1. The van der Waals surface area contributed by atoms with E-state index in [1.54, 1.807) is 24.4 Å². The summed E-state index contributed by atoms with van der Waals surface area (Å²) in [5, 5.41) is 2.89. The van der Waals surface area contributed by atoms with Crippen LogP contribution in [0.25, 0.3) is 0 Å². The van der Waals surface area contributed by atoms with E-state index in [9.17, 15) is 4.79 Å². The zero-order valence-electron chi connectivity index (χ0n) is 9.90. The maximum atomic E-state index is 11.9. The highest BCUT2D eigenvalue weighted by Gasteiger charge is 2.09. The van der Waals surface area contributed by atoms with Gasteiger partial charge in [0.1, 0.15) is 5.69 Å². The van der Waals surface area contributed by atoms with Crippen LogP contribution in [0.1, 0.15) is 21.6 Å². The number of aryl methyl sites for hydroxylation is 2. The van der Waals surface area contributed by atoms with Crippen LogP contribution in [0.2, 0.25) is 0 Å². The van der Waals surface area contributed by atoms with E-state index < -0.39 is 0 Å². The maximum absolute atomic E-state index is 11.9. The topological polar surface area (TPSA) is 42.0 Å². The number of pyridine rings is 1. The molecule has 1 heterocycles. The normalized spacial score (nSPS) is 10.0. The standard InChI is InChI=1S/C14H14N2O/c1-10-6-5-7-11(2)13(10)16-14(17)12-8-3-4-9-15-12/h3-9H,1-2H3,(H,16,17). The first-order chi connectivity index (χ1) is 8.18. The molecule has 0 bridgehead atoms. The van der Waals surface area contributed by atoms with Gasteiger partial charge in [-0.1, -0.05) is 24.3 Å². The van der Waals surface area contributed by atoms with Crippen molar-refractivity contribution in [3.05, 3.63) is 59.4 Å². The summed E-state index contributed by atoms with van der Waals surface area (Å²) in [6, 6.07) is 11.2. The van der Waals surface area contributed by atoms with Crippen molar-refractivity contribution in [1.82, 2.24) is 4.98 Å². The van der Waals surface area contributed by atoms with Crippen molar-refractivity contribution in [1.29, 1.82) is 0 Å². The van der Waals surface area contributed by atoms with Crippen LogP contribution in [0.3, 0.4) is 0 Å². The SMILES string of the molecule is Cc1cccc(C)c1NC(=O)c1ccccn1. The van der Waals surface area contributed by atoms with Gasteiger partial charge in [-0.05, 0) is 37.1 Å². The molecule has 0 saturated carbocycles. The molecule has 3 nitrogen and oxygen atoms in total. The molecule has 0 aliphatic heterocycles. The Bertz CT molecular complexity index is 515.